The molecular formula is C12H23N3. The maximum atomic E-state index is 4.56. The molecule has 0 saturated heterocycles. The Balaban J connectivity index is 2.81. The quantitative estimate of drug-likeness (QED) is 0.727. The van der Waals surface area contributed by atoms with E-state index in [1.807, 2.05) is 11.7 Å². The van der Waals surface area contributed by atoms with Crippen molar-refractivity contribution in [3.8, 4) is 0 Å². The molecule has 1 aromatic rings. The number of hydrogen-bond donors (Lipinski definition) is 1. The van der Waals surface area contributed by atoms with Crippen molar-refractivity contribution in [3.63, 3.8) is 0 Å². The smallest absolute Gasteiger partial charge is 0.0669 e. The van der Waals surface area contributed by atoms with E-state index in [-0.39, 0.29) is 0 Å². The lowest BCUT2D eigenvalue weighted by Gasteiger charge is -2.06. The molecule has 0 aromatic carbocycles. The third-order valence-electron chi connectivity index (χ3n) is 2.76. The first-order valence-corrected chi connectivity index (χ1v) is 5.98. The van der Waals surface area contributed by atoms with E-state index in [0.717, 1.165) is 25.9 Å². The molecule has 0 saturated carbocycles. The Morgan fingerprint density at radius 3 is 2.47 bits per heavy atom. The Morgan fingerprint density at radius 2 is 1.93 bits per heavy atom. The summed E-state index contributed by atoms with van der Waals surface area (Å²) in [6.07, 6.45) is 3.27. The van der Waals surface area contributed by atoms with Gasteiger partial charge in [-0.2, -0.15) is 5.10 Å². The Hall–Kier alpha value is -0.830. The summed E-state index contributed by atoms with van der Waals surface area (Å²) < 4.78 is 2.03. The van der Waals surface area contributed by atoms with Gasteiger partial charge in [-0.05, 0) is 25.8 Å². The predicted molar refractivity (Wildman–Crippen MR) is 64.0 cm³/mol. The lowest BCUT2D eigenvalue weighted by Crippen LogP contribution is -2.15. The Labute approximate surface area is 92.9 Å². The fourth-order valence-electron chi connectivity index (χ4n) is 1.98. The van der Waals surface area contributed by atoms with Crippen molar-refractivity contribution in [1.29, 1.82) is 0 Å². The Bertz CT molecular complexity index is 302. The first-order chi connectivity index (χ1) is 7.24. The molecule has 86 valence electrons. The van der Waals surface area contributed by atoms with E-state index >= 15 is 0 Å². The minimum atomic E-state index is 0.966. The summed E-state index contributed by atoms with van der Waals surface area (Å²) in [5.74, 6) is 0. The second kappa shape index (κ2) is 5.91. The van der Waals surface area contributed by atoms with Gasteiger partial charge in [0.25, 0.3) is 0 Å². The highest BCUT2D eigenvalue weighted by Gasteiger charge is 2.12. The fourth-order valence-corrected chi connectivity index (χ4v) is 1.98. The molecule has 0 aliphatic carbocycles. The van der Waals surface area contributed by atoms with Crippen molar-refractivity contribution in [3.05, 3.63) is 17.0 Å². The van der Waals surface area contributed by atoms with Crippen LogP contribution >= 0.6 is 0 Å². The minimum Gasteiger partial charge on any atom is -0.313 e. The average Bonchev–Trinajstić information content (AvgIpc) is 2.55. The van der Waals surface area contributed by atoms with Crippen molar-refractivity contribution in [2.24, 2.45) is 7.05 Å². The minimum absolute atomic E-state index is 0.966. The highest BCUT2D eigenvalue weighted by Crippen LogP contribution is 2.14. The van der Waals surface area contributed by atoms with E-state index < -0.39 is 0 Å². The van der Waals surface area contributed by atoms with Crippen LogP contribution in [0.3, 0.4) is 0 Å². The van der Waals surface area contributed by atoms with Crippen LogP contribution in [0.5, 0.6) is 0 Å². The zero-order valence-electron chi connectivity index (χ0n) is 10.4. The normalized spacial score (nSPS) is 10.9. The first kappa shape index (κ1) is 12.2. The van der Waals surface area contributed by atoms with Crippen molar-refractivity contribution in [2.75, 3.05) is 6.54 Å². The molecule has 0 aliphatic heterocycles. The Kier molecular flexibility index (Phi) is 4.82. The summed E-state index contributed by atoms with van der Waals surface area (Å²) in [4.78, 5) is 0. The molecular weight excluding hydrogens is 186 g/mol. The van der Waals surface area contributed by atoms with Crippen LogP contribution in [0.4, 0.5) is 0 Å². The van der Waals surface area contributed by atoms with Gasteiger partial charge in [0.15, 0.2) is 0 Å². The topological polar surface area (TPSA) is 29.9 Å². The van der Waals surface area contributed by atoms with Crippen LogP contribution in [0, 0.1) is 0 Å². The lowest BCUT2D eigenvalue weighted by molar-refractivity contribution is 0.663. The number of aryl methyl sites for hydroxylation is 2. The van der Waals surface area contributed by atoms with Crippen molar-refractivity contribution < 1.29 is 0 Å². The van der Waals surface area contributed by atoms with E-state index in [0.29, 0.717) is 0 Å². The maximum Gasteiger partial charge on any atom is 0.0669 e. The molecule has 0 fully saturated rings. The average molecular weight is 209 g/mol. The molecule has 3 nitrogen and oxygen atoms in total. The summed E-state index contributed by atoms with van der Waals surface area (Å²) in [6, 6.07) is 0. The van der Waals surface area contributed by atoms with Crippen LogP contribution in [0.1, 0.15) is 44.1 Å². The van der Waals surface area contributed by atoms with Gasteiger partial charge in [-0.15, -0.1) is 0 Å². The molecule has 3 heteroatoms. The second-order valence-corrected chi connectivity index (χ2v) is 3.88. The standard InChI is InChI=1S/C12H23N3/c1-5-8-13-9-10-11(6-2)14-15(4)12(10)7-3/h13H,5-9H2,1-4H3. The van der Waals surface area contributed by atoms with Crippen LogP contribution in [0.25, 0.3) is 0 Å². The molecule has 0 radical (unpaired) electrons. The van der Waals surface area contributed by atoms with E-state index in [9.17, 15) is 0 Å². The van der Waals surface area contributed by atoms with Gasteiger partial charge in [-0.3, -0.25) is 4.68 Å². The molecule has 0 atom stereocenters. The van der Waals surface area contributed by atoms with Gasteiger partial charge in [-0.25, -0.2) is 0 Å². The highest BCUT2D eigenvalue weighted by molar-refractivity contribution is 5.26. The van der Waals surface area contributed by atoms with E-state index in [2.05, 4.69) is 31.2 Å². The van der Waals surface area contributed by atoms with Gasteiger partial charge < -0.3 is 5.32 Å². The van der Waals surface area contributed by atoms with Crippen LogP contribution in [0.15, 0.2) is 0 Å². The molecule has 0 unspecified atom stereocenters. The molecule has 0 spiro atoms. The van der Waals surface area contributed by atoms with E-state index in [4.69, 9.17) is 0 Å². The van der Waals surface area contributed by atoms with Crippen LogP contribution < -0.4 is 5.32 Å². The van der Waals surface area contributed by atoms with Gasteiger partial charge in [0, 0.05) is 24.8 Å². The predicted octanol–water partition coefficient (Wildman–Crippen LogP) is 2.04. The molecule has 0 amide bonds. The van der Waals surface area contributed by atoms with Gasteiger partial charge in [0.2, 0.25) is 0 Å². The molecule has 1 N–H and O–H groups in total. The fraction of sp³-hybridized carbons (Fsp3) is 0.750. The Morgan fingerprint density at radius 1 is 1.20 bits per heavy atom. The van der Waals surface area contributed by atoms with Crippen LogP contribution in [-0.2, 0) is 26.4 Å². The SMILES string of the molecule is CCCNCc1c(CC)nn(C)c1CC. The zero-order chi connectivity index (χ0) is 11.3. The summed E-state index contributed by atoms with van der Waals surface area (Å²) in [7, 11) is 2.04. The van der Waals surface area contributed by atoms with Gasteiger partial charge >= 0.3 is 0 Å². The number of rotatable bonds is 6. The summed E-state index contributed by atoms with van der Waals surface area (Å²) in [6.45, 7) is 8.61. The summed E-state index contributed by atoms with van der Waals surface area (Å²) in [5.41, 5.74) is 4.03. The van der Waals surface area contributed by atoms with Crippen molar-refractivity contribution >= 4 is 0 Å². The summed E-state index contributed by atoms with van der Waals surface area (Å²) >= 11 is 0. The van der Waals surface area contributed by atoms with Crippen molar-refractivity contribution in [2.45, 2.75) is 46.6 Å². The zero-order valence-corrected chi connectivity index (χ0v) is 10.4. The largest absolute Gasteiger partial charge is 0.313 e. The number of aromatic nitrogens is 2. The molecule has 1 rings (SSSR count). The molecule has 1 heterocycles. The third-order valence-corrected chi connectivity index (χ3v) is 2.76. The number of nitrogens with one attached hydrogen (secondary N) is 1. The molecule has 15 heavy (non-hydrogen) atoms. The summed E-state index contributed by atoms with van der Waals surface area (Å²) in [5, 5.41) is 8.02. The van der Waals surface area contributed by atoms with Gasteiger partial charge in [-0.1, -0.05) is 20.8 Å². The molecule has 0 aliphatic rings. The van der Waals surface area contributed by atoms with Crippen LogP contribution in [0.2, 0.25) is 0 Å². The lowest BCUT2D eigenvalue weighted by atomic mass is 10.1. The maximum absolute atomic E-state index is 4.56. The van der Waals surface area contributed by atoms with Gasteiger partial charge in [0.1, 0.15) is 0 Å². The van der Waals surface area contributed by atoms with Crippen LogP contribution in [-0.4, -0.2) is 16.3 Å². The second-order valence-electron chi connectivity index (χ2n) is 3.88. The molecule has 1 aromatic heterocycles. The van der Waals surface area contributed by atoms with E-state index in [1.54, 1.807) is 0 Å². The first-order valence-electron chi connectivity index (χ1n) is 5.98. The van der Waals surface area contributed by atoms with Gasteiger partial charge in [0.05, 0.1) is 5.69 Å². The van der Waals surface area contributed by atoms with E-state index in [1.165, 1.54) is 23.4 Å². The number of hydrogen-bond acceptors (Lipinski definition) is 2. The van der Waals surface area contributed by atoms with Crippen molar-refractivity contribution in [1.82, 2.24) is 15.1 Å². The number of nitrogens with zero attached hydrogens (tertiary/aromatic N) is 2. The third kappa shape index (κ3) is 2.81. The highest BCUT2D eigenvalue weighted by atomic mass is 15.3. The monoisotopic (exact) mass is 209 g/mol. The molecule has 0 bridgehead atoms.